The summed E-state index contributed by atoms with van der Waals surface area (Å²) in [6, 6.07) is 14.9. The SMILES string of the molecule is CC(c1ccccc1Cl)N(C)Cc1cccc(C(=O)O)c1. The summed E-state index contributed by atoms with van der Waals surface area (Å²) in [5.41, 5.74) is 2.35. The highest BCUT2D eigenvalue weighted by atomic mass is 35.5. The van der Waals surface area contributed by atoms with Crippen molar-refractivity contribution in [1.29, 1.82) is 0 Å². The van der Waals surface area contributed by atoms with Crippen LogP contribution in [-0.4, -0.2) is 23.0 Å². The van der Waals surface area contributed by atoms with E-state index in [0.717, 1.165) is 16.1 Å². The summed E-state index contributed by atoms with van der Waals surface area (Å²) in [7, 11) is 2.00. The van der Waals surface area contributed by atoms with E-state index in [4.69, 9.17) is 16.7 Å². The van der Waals surface area contributed by atoms with Gasteiger partial charge in [0.15, 0.2) is 0 Å². The molecule has 0 radical (unpaired) electrons. The molecule has 4 heteroatoms. The van der Waals surface area contributed by atoms with Gasteiger partial charge in [0.25, 0.3) is 0 Å². The number of hydrogen-bond donors (Lipinski definition) is 1. The molecule has 1 N–H and O–H groups in total. The van der Waals surface area contributed by atoms with Crippen LogP contribution in [0.3, 0.4) is 0 Å². The molecule has 0 aliphatic carbocycles. The molecule has 1 atom stereocenters. The first-order valence-corrected chi connectivity index (χ1v) is 7.13. The molecule has 0 aromatic heterocycles. The minimum absolute atomic E-state index is 0.146. The van der Waals surface area contributed by atoms with Crippen LogP contribution in [0.15, 0.2) is 48.5 Å². The summed E-state index contributed by atoms with van der Waals surface area (Å²) < 4.78 is 0. The van der Waals surface area contributed by atoms with Gasteiger partial charge in [-0.25, -0.2) is 4.79 Å². The van der Waals surface area contributed by atoms with E-state index in [-0.39, 0.29) is 6.04 Å². The molecule has 2 aromatic carbocycles. The van der Waals surface area contributed by atoms with Crippen LogP contribution in [0, 0.1) is 0 Å². The zero-order chi connectivity index (χ0) is 15.4. The summed E-state index contributed by atoms with van der Waals surface area (Å²) in [4.78, 5) is 13.1. The zero-order valence-electron chi connectivity index (χ0n) is 12.1. The third-order valence-corrected chi connectivity index (χ3v) is 3.97. The van der Waals surface area contributed by atoms with Crippen molar-refractivity contribution in [3.05, 3.63) is 70.2 Å². The number of nitrogens with zero attached hydrogens (tertiary/aromatic N) is 1. The molecule has 0 saturated carbocycles. The Hall–Kier alpha value is -1.84. The Bertz CT molecular complexity index is 642. The zero-order valence-corrected chi connectivity index (χ0v) is 12.8. The van der Waals surface area contributed by atoms with Gasteiger partial charge in [-0.3, -0.25) is 4.90 Å². The number of aromatic carboxylic acids is 1. The van der Waals surface area contributed by atoms with E-state index in [1.807, 2.05) is 37.4 Å². The third-order valence-electron chi connectivity index (χ3n) is 3.62. The Morgan fingerprint density at radius 3 is 2.62 bits per heavy atom. The van der Waals surface area contributed by atoms with Crippen molar-refractivity contribution in [2.45, 2.75) is 19.5 Å². The van der Waals surface area contributed by atoms with Gasteiger partial charge in [-0.15, -0.1) is 0 Å². The predicted octanol–water partition coefficient (Wildman–Crippen LogP) is 4.23. The maximum absolute atomic E-state index is 11.0. The van der Waals surface area contributed by atoms with Gasteiger partial charge in [-0.2, -0.15) is 0 Å². The highest BCUT2D eigenvalue weighted by Crippen LogP contribution is 2.27. The van der Waals surface area contributed by atoms with Gasteiger partial charge in [0, 0.05) is 17.6 Å². The van der Waals surface area contributed by atoms with E-state index in [2.05, 4.69) is 11.8 Å². The fraction of sp³-hybridized carbons (Fsp3) is 0.235. The minimum atomic E-state index is -0.904. The molecule has 0 aliphatic heterocycles. The number of halogens is 1. The standard InChI is InChI=1S/C17H18ClNO2/c1-12(15-8-3-4-9-16(15)18)19(2)11-13-6-5-7-14(10-13)17(20)21/h3-10,12H,11H2,1-2H3,(H,20,21). The number of carboxylic acid groups (broad SMARTS) is 1. The summed E-state index contributed by atoms with van der Waals surface area (Å²) >= 11 is 6.23. The first-order chi connectivity index (χ1) is 9.99. The highest BCUT2D eigenvalue weighted by molar-refractivity contribution is 6.31. The smallest absolute Gasteiger partial charge is 0.335 e. The Kier molecular flexibility index (Phi) is 4.99. The second kappa shape index (κ2) is 6.74. The maximum Gasteiger partial charge on any atom is 0.335 e. The second-order valence-electron chi connectivity index (χ2n) is 5.12. The van der Waals surface area contributed by atoms with E-state index in [0.29, 0.717) is 12.1 Å². The second-order valence-corrected chi connectivity index (χ2v) is 5.53. The molecular weight excluding hydrogens is 286 g/mol. The quantitative estimate of drug-likeness (QED) is 0.898. The van der Waals surface area contributed by atoms with Gasteiger partial charge in [0.2, 0.25) is 0 Å². The Morgan fingerprint density at radius 1 is 1.24 bits per heavy atom. The van der Waals surface area contributed by atoms with E-state index >= 15 is 0 Å². The summed E-state index contributed by atoms with van der Waals surface area (Å²) in [6.45, 7) is 2.75. The van der Waals surface area contributed by atoms with Crippen LogP contribution in [0.25, 0.3) is 0 Å². The Balaban J connectivity index is 2.14. The number of rotatable bonds is 5. The molecule has 0 aliphatic rings. The fourth-order valence-electron chi connectivity index (χ4n) is 2.28. The average molecular weight is 304 g/mol. The van der Waals surface area contributed by atoms with E-state index in [1.54, 1.807) is 18.2 Å². The van der Waals surface area contributed by atoms with Crippen molar-refractivity contribution in [1.82, 2.24) is 4.90 Å². The lowest BCUT2D eigenvalue weighted by Gasteiger charge is -2.26. The third kappa shape index (κ3) is 3.84. The van der Waals surface area contributed by atoms with Gasteiger partial charge < -0.3 is 5.11 Å². The van der Waals surface area contributed by atoms with Crippen molar-refractivity contribution in [2.24, 2.45) is 0 Å². The normalized spacial score (nSPS) is 12.4. The van der Waals surface area contributed by atoms with E-state index < -0.39 is 5.97 Å². The van der Waals surface area contributed by atoms with Crippen molar-refractivity contribution in [3.63, 3.8) is 0 Å². The molecule has 21 heavy (non-hydrogen) atoms. The number of hydrogen-bond acceptors (Lipinski definition) is 2. The summed E-state index contributed by atoms with van der Waals surface area (Å²) in [5.74, 6) is -0.904. The lowest BCUT2D eigenvalue weighted by molar-refractivity contribution is 0.0696. The summed E-state index contributed by atoms with van der Waals surface area (Å²) in [5, 5.41) is 9.78. The molecule has 0 amide bonds. The van der Waals surface area contributed by atoms with Crippen molar-refractivity contribution in [3.8, 4) is 0 Å². The van der Waals surface area contributed by atoms with Gasteiger partial charge >= 0.3 is 5.97 Å². The molecule has 0 bridgehead atoms. The predicted molar refractivity (Wildman–Crippen MR) is 84.7 cm³/mol. The minimum Gasteiger partial charge on any atom is -0.478 e. The van der Waals surface area contributed by atoms with Crippen LogP contribution < -0.4 is 0 Å². The monoisotopic (exact) mass is 303 g/mol. The largest absolute Gasteiger partial charge is 0.478 e. The number of carbonyl (C=O) groups is 1. The molecule has 2 aromatic rings. The van der Waals surface area contributed by atoms with Crippen LogP contribution in [0.2, 0.25) is 5.02 Å². The van der Waals surface area contributed by atoms with Gasteiger partial charge in [-0.1, -0.05) is 41.9 Å². The highest BCUT2D eigenvalue weighted by Gasteiger charge is 2.15. The average Bonchev–Trinajstić information content (AvgIpc) is 2.47. The molecule has 2 rings (SSSR count). The van der Waals surface area contributed by atoms with Crippen LogP contribution >= 0.6 is 11.6 Å². The van der Waals surface area contributed by atoms with Crippen molar-refractivity contribution in [2.75, 3.05) is 7.05 Å². The lowest BCUT2D eigenvalue weighted by Crippen LogP contribution is -2.22. The van der Waals surface area contributed by atoms with Crippen LogP contribution in [0.1, 0.15) is 34.5 Å². The molecule has 0 spiro atoms. The van der Waals surface area contributed by atoms with Gasteiger partial charge in [0.05, 0.1) is 5.56 Å². The van der Waals surface area contributed by atoms with Gasteiger partial charge in [-0.05, 0) is 43.3 Å². The van der Waals surface area contributed by atoms with Gasteiger partial charge in [0.1, 0.15) is 0 Å². The fourth-order valence-corrected chi connectivity index (χ4v) is 2.57. The van der Waals surface area contributed by atoms with Crippen LogP contribution in [0.4, 0.5) is 0 Å². The molecular formula is C17H18ClNO2. The Morgan fingerprint density at radius 2 is 1.95 bits per heavy atom. The Labute approximate surface area is 129 Å². The maximum atomic E-state index is 11.0. The molecule has 3 nitrogen and oxygen atoms in total. The number of benzene rings is 2. The van der Waals surface area contributed by atoms with Crippen molar-refractivity contribution >= 4 is 17.6 Å². The molecule has 0 fully saturated rings. The topological polar surface area (TPSA) is 40.5 Å². The molecule has 0 heterocycles. The molecule has 110 valence electrons. The first kappa shape index (κ1) is 15.5. The number of carboxylic acids is 1. The van der Waals surface area contributed by atoms with Crippen LogP contribution in [-0.2, 0) is 6.54 Å². The summed E-state index contributed by atoms with van der Waals surface area (Å²) in [6.07, 6.45) is 0. The first-order valence-electron chi connectivity index (χ1n) is 6.76. The molecule has 1 unspecified atom stereocenters. The van der Waals surface area contributed by atoms with Crippen molar-refractivity contribution < 1.29 is 9.90 Å². The van der Waals surface area contributed by atoms with E-state index in [9.17, 15) is 4.79 Å². The van der Waals surface area contributed by atoms with Crippen LogP contribution in [0.5, 0.6) is 0 Å². The van der Waals surface area contributed by atoms with E-state index in [1.165, 1.54) is 0 Å². The lowest BCUT2D eigenvalue weighted by atomic mass is 10.1. The molecule has 0 saturated heterocycles.